The van der Waals surface area contributed by atoms with Crippen LogP contribution in [0.15, 0.2) is 0 Å². The Morgan fingerprint density at radius 1 is 1.22 bits per heavy atom. The van der Waals surface area contributed by atoms with E-state index in [1.807, 2.05) is 13.8 Å². The zero-order chi connectivity index (χ0) is 17.0. The van der Waals surface area contributed by atoms with Crippen LogP contribution in [0.1, 0.15) is 47.0 Å². The van der Waals surface area contributed by atoms with Crippen molar-refractivity contribution in [3.05, 3.63) is 0 Å². The Kier molecular flexibility index (Phi) is 4.01. The van der Waals surface area contributed by atoms with Crippen molar-refractivity contribution in [2.75, 3.05) is 7.11 Å². The molecule has 1 saturated carbocycles. The van der Waals surface area contributed by atoms with Gasteiger partial charge in [-0.25, -0.2) is 4.79 Å². The largest absolute Gasteiger partial charge is 0.467 e. The summed E-state index contributed by atoms with van der Waals surface area (Å²) >= 11 is 0. The third-order valence-corrected chi connectivity index (χ3v) is 5.15. The summed E-state index contributed by atoms with van der Waals surface area (Å²) < 4.78 is 28.8. The van der Waals surface area contributed by atoms with Gasteiger partial charge < -0.3 is 28.8 Å². The summed E-state index contributed by atoms with van der Waals surface area (Å²) in [6.07, 6.45) is -1.52. The lowest BCUT2D eigenvalue weighted by Gasteiger charge is -2.41. The fraction of sp³-hybridized carbons (Fsp3) is 0.938. The molecule has 2 heterocycles. The highest BCUT2D eigenvalue weighted by molar-refractivity contribution is 5.81. The number of fused-ring (bicyclic) bond motifs is 2. The molecule has 3 rings (SSSR count). The predicted molar refractivity (Wildman–Crippen MR) is 78.5 cm³/mol. The van der Waals surface area contributed by atoms with Crippen molar-refractivity contribution >= 4 is 5.97 Å². The van der Waals surface area contributed by atoms with Gasteiger partial charge in [-0.1, -0.05) is 13.8 Å². The number of hydrogen-bond acceptors (Lipinski definition) is 7. The van der Waals surface area contributed by atoms with Crippen LogP contribution in [-0.4, -0.2) is 59.8 Å². The van der Waals surface area contributed by atoms with E-state index in [4.69, 9.17) is 23.7 Å². The number of carbonyl (C=O) groups is 1. The van der Waals surface area contributed by atoms with Gasteiger partial charge in [0.2, 0.25) is 0 Å². The van der Waals surface area contributed by atoms with Gasteiger partial charge in [-0.3, -0.25) is 0 Å². The Hall–Kier alpha value is -0.730. The fourth-order valence-electron chi connectivity index (χ4n) is 4.00. The summed E-state index contributed by atoms with van der Waals surface area (Å²) in [6, 6.07) is 0. The van der Waals surface area contributed by atoms with Crippen molar-refractivity contribution < 1.29 is 33.6 Å². The van der Waals surface area contributed by atoms with E-state index in [1.54, 1.807) is 13.8 Å². The monoisotopic (exact) mass is 330 g/mol. The molecule has 3 aliphatic rings. The molecule has 7 nitrogen and oxygen atoms in total. The normalized spacial score (nSPS) is 43.7. The van der Waals surface area contributed by atoms with Crippen molar-refractivity contribution in [3.63, 3.8) is 0 Å². The first-order chi connectivity index (χ1) is 10.7. The molecule has 1 aliphatic carbocycles. The standard InChI is InChI=1S/C16H26O7/c1-6-15(7-2)22-12-10(17)11-9(20-14(3,4)21-11)8-16(12,23-15)13(18)19-5/h9-12,17H,6-8H2,1-5H3/t9-,10-,11-,12+,16-/m1/s1. The molecule has 5 atom stereocenters. The fourth-order valence-corrected chi connectivity index (χ4v) is 4.00. The molecule has 2 saturated heterocycles. The van der Waals surface area contributed by atoms with Crippen molar-refractivity contribution in [3.8, 4) is 0 Å². The quantitative estimate of drug-likeness (QED) is 0.776. The first kappa shape index (κ1) is 17.1. The second-order valence-corrected chi connectivity index (χ2v) is 6.97. The zero-order valence-corrected chi connectivity index (χ0v) is 14.3. The number of carbonyl (C=O) groups excluding carboxylic acids is 1. The molecule has 0 aromatic carbocycles. The average Bonchev–Trinajstić information content (AvgIpc) is 3.02. The second-order valence-electron chi connectivity index (χ2n) is 6.97. The van der Waals surface area contributed by atoms with Gasteiger partial charge in [0.1, 0.15) is 18.3 Å². The lowest BCUT2D eigenvalue weighted by molar-refractivity contribution is -0.211. The third-order valence-electron chi connectivity index (χ3n) is 5.15. The van der Waals surface area contributed by atoms with Gasteiger partial charge in [0.15, 0.2) is 17.2 Å². The highest BCUT2D eigenvalue weighted by atomic mass is 16.8. The maximum atomic E-state index is 12.6. The Morgan fingerprint density at radius 3 is 2.43 bits per heavy atom. The molecular formula is C16H26O7. The number of aliphatic hydroxyl groups excluding tert-OH is 1. The van der Waals surface area contributed by atoms with Crippen molar-refractivity contribution in [2.45, 2.75) is 88.5 Å². The van der Waals surface area contributed by atoms with Crippen LogP contribution in [0, 0.1) is 0 Å². The van der Waals surface area contributed by atoms with Gasteiger partial charge in [0.25, 0.3) is 0 Å². The molecule has 7 heteroatoms. The average molecular weight is 330 g/mol. The van der Waals surface area contributed by atoms with Gasteiger partial charge in [0, 0.05) is 6.42 Å². The number of hydrogen-bond donors (Lipinski definition) is 1. The maximum absolute atomic E-state index is 12.6. The highest BCUT2D eigenvalue weighted by Gasteiger charge is 2.70. The lowest BCUT2D eigenvalue weighted by atomic mass is 9.77. The van der Waals surface area contributed by atoms with E-state index in [0.717, 1.165) is 0 Å². The summed E-state index contributed by atoms with van der Waals surface area (Å²) in [5.74, 6) is -2.27. The molecule has 0 aromatic rings. The molecule has 132 valence electrons. The summed E-state index contributed by atoms with van der Waals surface area (Å²) in [4.78, 5) is 12.6. The molecule has 0 aromatic heterocycles. The Balaban J connectivity index is 1.99. The minimum absolute atomic E-state index is 0.233. The molecule has 0 unspecified atom stereocenters. The molecule has 3 fully saturated rings. The van der Waals surface area contributed by atoms with Crippen molar-refractivity contribution in [1.82, 2.24) is 0 Å². The molecule has 0 spiro atoms. The van der Waals surface area contributed by atoms with Gasteiger partial charge >= 0.3 is 5.97 Å². The number of rotatable bonds is 3. The summed E-state index contributed by atoms with van der Waals surface area (Å²) in [7, 11) is 1.31. The smallest absolute Gasteiger partial charge is 0.341 e. The van der Waals surface area contributed by atoms with E-state index in [9.17, 15) is 9.90 Å². The zero-order valence-electron chi connectivity index (χ0n) is 14.3. The van der Waals surface area contributed by atoms with Crippen LogP contribution in [0.3, 0.4) is 0 Å². The summed E-state index contributed by atoms with van der Waals surface area (Å²) in [6.45, 7) is 7.41. The maximum Gasteiger partial charge on any atom is 0.341 e. The minimum atomic E-state index is -1.37. The van der Waals surface area contributed by atoms with E-state index in [0.29, 0.717) is 12.8 Å². The van der Waals surface area contributed by atoms with Crippen LogP contribution in [0.4, 0.5) is 0 Å². The third kappa shape index (κ3) is 2.41. The molecule has 23 heavy (non-hydrogen) atoms. The van der Waals surface area contributed by atoms with E-state index in [1.165, 1.54) is 7.11 Å². The van der Waals surface area contributed by atoms with Crippen molar-refractivity contribution in [2.24, 2.45) is 0 Å². The van der Waals surface area contributed by atoms with Crippen LogP contribution < -0.4 is 0 Å². The number of esters is 1. The minimum Gasteiger partial charge on any atom is -0.467 e. The molecule has 1 N–H and O–H groups in total. The van der Waals surface area contributed by atoms with Gasteiger partial charge in [-0.2, -0.15) is 0 Å². The van der Waals surface area contributed by atoms with Gasteiger partial charge in [0.05, 0.1) is 13.2 Å². The molecule has 2 aliphatic heterocycles. The van der Waals surface area contributed by atoms with E-state index in [2.05, 4.69) is 0 Å². The topological polar surface area (TPSA) is 83.5 Å². The van der Waals surface area contributed by atoms with E-state index < -0.39 is 47.6 Å². The summed E-state index contributed by atoms with van der Waals surface area (Å²) in [5, 5.41) is 10.8. The lowest BCUT2D eigenvalue weighted by Crippen LogP contribution is -2.64. The second kappa shape index (κ2) is 5.39. The Bertz CT molecular complexity index is 487. The van der Waals surface area contributed by atoms with Crippen LogP contribution in [-0.2, 0) is 28.5 Å². The highest BCUT2D eigenvalue weighted by Crippen LogP contribution is 2.51. The Labute approximate surface area is 136 Å². The first-order valence-corrected chi connectivity index (χ1v) is 8.22. The number of methoxy groups -OCH3 is 1. The van der Waals surface area contributed by atoms with E-state index in [-0.39, 0.29) is 6.42 Å². The molecular weight excluding hydrogens is 304 g/mol. The van der Waals surface area contributed by atoms with Crippen LogP contribution >= 0.6 is 0 Å². The van der Waals surface area contributed by atoms with Crippen LogP contribution in [0.2, 0.25) is 0 Å². The van der Waals surface area contributed by atoms with Crippen molar-refractivity contribution in [1.29, 1.82) is 0 Å². The number of ether oxygens (including phenoxy) is 5. The predicted octanol–water partition coefficient (Wildman–Crippen LogP) is 1.11. The van der Waals surface area contributed by atoms with Gasteiger partial charge in [-0.15, -0.1) is 0 Å². The molecule has 0 bridgehead atoms. The number of aliphatic hydroxyl groups is 1. The first-order valence-electron chi connectivity index (χ1n) is 8.22. The van der Waals surface area contributed by atoms with E-state index >= 15 is 0 Å². The summed E-state index contributed by atoms with van der Waals surface area (Å²) in [5.41, 5.74) is -1.37. The van der Waals surface area contributed by atoms with Gasteiger partial charge in [-0.05, 0) is 26.7 Å². The molecule has 0 radical (unpaired) electrons. The molecule has 0 amide bonds. The SMILES string of the molecule is CCC1(CC)O[C@H]2[C@H](O)[C@@H]3OC(C)(C)O[C@@H]3C[C@@]2(C(=O)OC)O1. The van der Waals surface area contributed by atoms with Crippen LogP contribution in [0.5, 0.6) is 0 Å². The van der Waals surface area contributed by atoms with Crippen LogP contribution in [0.25, 0.3) is 0 Å². The Morgan fingerprint density at radius 2 is 1.87 bits per heavy atom.